The Morgan fingerprint density at radius 3 is 1.94 bits per heavy atom. The van der Waals surface area contributed by atoms with Crippen molar-refractivity contribution in [3.05, 3.63) is 65.7 Å². The van der Waals surface area contributed by atoms with Crippen LogP contribution in [-0.2, 0) is 26.2 Å². The zero-order valence-electron chi connectivity index (χ0n) is 19.8. The number of anilines is 1. The largest absolute Gasteiger partial charge is 0.352 e. The van der Waals surface area contributed by atoms with Gasteiger partial charge in [-0.3, -0.25) is 13.9 Å². The summed E-state index contributed by atoms with van der Waals surface area (Å²) in [5, 5.41) is 2.87. The summed E-state index contributed by atoms with van der Waals surface area (Å²) >= 11 is 0. The Hall–Kier alpha value is -3.01. The second-order valence-corrected chi connectivity index (χ2v) is 10.0. The molecule has 0 spiro atoms. The van der Waals surface area contributed by atoms with Crippen LogP contribution in [0.2, 0.25) is 0 Å². The van der Waals surface area contributed by atoms with E-state index in [1.807, 2.05) is 13.8 Å². The van der Waals surface area contributed by atoms with E-state index < -0.39 is 40.2 Å². The number of amides is 2. The summed E-state index contributed by atoms with van der Waals surface area (Å²) < 4.78 is 52.6. The van der Waals surface area contributed by atoms with Crippen LogP contribution in [0.25, 0.3) is 0 Å². The molecule has 0 saturated heterocycles. The van der Waals surface area contributed by atoms with Gasteiger partial charge in [0, 0.05) is 12.6 Å². The fourth-order valence-corrected chi connectivity index (χ4v) is 4.22. The van der Waals surface area contributed by atoms with Gasteiger partial charge < -0.3 is 10.2 Å². The number of halogens is 2. The average Bonchev–Trinajstić information content (AvgIpc) is 2.78. The lowest BCUT2D eigenvalue weighted by Gasteiger charge is -2.33. The first kappa shape index (κ1) is 27.2. The summed E-state index contributed by atoms with van der Waals surface area (Å²) in [6, 6.07) is 9.25. The molecule has 2 rings (SSSR count). The molecule has 34 heavy (non-hydrogen) atoms. The van der Waals surface area contributed by atoms with Crippen LogP contribution in [-0.4, -0.2) is 50.0 Å². The fourth-order valence-electron chi connectivity index (χ4n) is 3.37. The Morgan fingerprint density at radius 2 is 1.47 bits per heavy atom. The predicted octanol–water partition coefficient (Wildman–Crippen LogP) is 3.45. The number of nitrogens with zero attached hydrogens (tertiary/aromatic N) is 2. The number of rotatable bonds is 11. The van der Waals surface area contributed by atoms with E-state index in [0.29, 0.717) is 12.0 Å². The lowest BCUT2D eigenvalue weighted by Crippen LogP contribution is -2.53. The second kappa shape index (κ2) is 11.9. The smallest absolute Gasteiger partial charge is 0.244 e. The zero-order chi connectivity index (χ0) is 25.5. The molecule has 186 valence electrons. The topological polar surface area (TPSA) is 86.8 Å². The van der Waals surface area contributed by atoms with Crippen molar-refractivity contribution in [2.24, 2.45) is 0 Å². The van der Waals surface area contributed by atoms with Gasteiger partial charge in [0.05, 0.1) is 11.9 Å². The van der Waals surface area contributed by atoms with Crippen LogP contribution in [0.3, 0.4) is 0 Å². The van der Waals surface area contributed by atoms with Gasteiger partial charge in [-0.25, -0.2) is 17.2 Å². The highest BCUT2D eigenvalue weighted by Gasteiger charge is 2.32. The van der Waals surface area contributed by atoms with Gasteiger partial charge >= 0.3 is 0 Å². The third kappa shape index (κ3) is 7.51. The highest BCUT2D eigenvalue weighted by Crippen LogP contribution is 2.20. The first-order valence-corrected chi connectivity index (χ1v) is 12.9. The third-order valence-electron chi connectivity index (χ3n) is 5.45. The van der Waals surface area contributed by atoms with Gasteiger partial charge in [0.15, 0.2) is 0 Å². The summed E-state index contributed by atoms with van der Waals surface area (Å²) in [4.78, 5) is 27.7. The molecule has 0 aliphatic rings. The normalized spacial score (nSPS) is 13.1. The number of hydrogen-bond donors (Lipinski definition) is 1. The van der Waals surface area contributed by atoms with E-state index in [1.54, 1.807) is 6.92 Å². The molecule has 10 heteroatoms. The van der Waals surface area contributed by atoms with Gasteiger partial charge in [0.1, 0.15) is 24.2 Å². The Balaban J connectivity index is 2.41. The van der Waals surface area contributed by atoms with Crippen LogP contribution < -0.4 is 9.62 Å². The van der Waals surface area contributed by atoms with Crippen molar-refractivity contribution in [3.63, 3.8) is 0 Å². The van der Waals surface area contributed by atoms with Crippen LogP contribution in [0.1, 0.15) is 39.2 Å². The molecule has 2 amide bonds. The highest BCUT2D eigenvalue weighted by molar-refractivity contribution is 7.92. The number of hydrogen-bond acceptors (Lipinski definition) is 4. The molecule has 2 aromatic carbocycles. The SMILES string of the molecule is CC[C@H](C(=O)N[C@@H](C)CC)N(Cc1ccc(F)cc1)C(=O)CN(c1ccc(F)cc1)S(C)(=O)=O. The van der Waals surface area contributed by atoms with E-state index in [2.05, 4.69) is 5.32 Å². The summed E-state index contributed by atoms with van der Waals surface area (Å²) in [6.45, 7) is 4.90. The van der Waals surface area contributed by atoms with Crippen LogP contribution in [0.5, 0.6) is 0 Å². The van der Waals surface area contributed by atoms with Crippen LogP contribution in [0, 0.1) is 11.6 Å². The molecule has 0 aliphatic heterocycles. The quantitative estimate of drug-likeness (QED) is 0.517. The molecule has 0 aromatic heterocycles. The van der Waals surface area contributed by atoms with Crippen molar-refractivity contribution in [1.82, 2.24) is 10.2 Å². The Labute approximate surface area is 199 Å². The highest BCUT2D eigenvalue weighted by atomic mass is 32.2. The van der Waals surface area contributed by atoms with E-state index in [0.717, 1.165) is 22.7 Å². The average molecular weight is 496 g/mol. The van der Waals surface area contributed by atoms with E-state index in [-0.39, 0.29) is 30.6 Å². The molecule has 0 bridgehead atoms. The lowest BCUT2D eigenvalue weighted by molar-refractivity contribution is -0.140. The summed E-state index contributed by atoms with van der Waals surface area (Å²) in [5.74, 6) is -1.97. The maximum Gasteiger partial charge on any atom is 0.244 e. The molecule has 7 nitrogen and oxygen atoms in total. The first-order valence-electron chi connectivity index (χ1n) is 11.0. The number of carbonyl (C=O) groups excluding carboxylic acids is 2. The van der Waals surface area contributed by atoms with Crippen molar-refractivity contribution >= 4 is 27.5 Å². The summed E-state index contributed by atoms with van der Waals surface area (Å²) in [7, 11) is -3.90. The molecule has 0 saturated carbocycles. The van der Waals surface area contributed by atoms with Gasteiger partial charge in [-0.15, -0.1) is 0 Å². The molecular weight excluding hydrogens is 464 g/mol. The number of benzene rings is 2. The van der Waals surface area contributed by atoms with Crippen molar-refractivity contribution in [3.8, 4) is 0 Å². The minimum Gasteiger partial charge on any atom is -0.352 e. The molecule has 0 aliphatic carbocycles. The molecule has 1 N–H and O–H groups in total. The van der Waals surface area contributed by atoms with E-state index in [1.165, 1.54) is 41.3 Å². The third-order valence-corrected chi connectivity index (χ3v) is 6.59. The standard InChI is InChI=1S/C24H31F2N3O4S/c1-5-17(3)27-24(31)22(6-2)28(15-18-7-9-19(25)10-8-18)23(30)16-29(34(4,32)33)21-13-11-20(26)12-14-21/h7-14,17,22H,5-6,15-16H2,1-4H3,(H,27,31)/t17-,22+/m0/s1. The molecule has 0 unspecified atom stereocenters. The van der Waals surface area contributed by atoms with E-state index >= 15 is 0 Å². The molecule has 0 heterocycles. The molecular formula is C24H31F2N3O4S. The Morgan fingerprint density at radius 1 is 0.941 bits per heavy atom. The van der Waals surface area contributed by atoms with Gasteiger partial charge in [0.25, 0.3) is 0 Å². The molecule has 0 fully saturated rings. The van der Waals surface area contributed by atoms with Crippen molar-refractivity contribution < 1.29 is 26.8 Å². The van der Waals surface area contributed by atoms with Gasteiger partial charge in [-0.2, -0.15) is 0 Å². The minimum absolute atomic E-state index is 0.0213. The lowest BCUT2D eigenvalue weighted by atomic mass is 10.1. The maximum atomic E-state index is 13.5. The van der Waals surface area contributed by atoms with Crippen LogP contribution >= 0.6 is 0 Å². The first-order chi connectivity index (χ1) is 16.0. The van der Waals surface area contributed by atoms with E-state index in [4.69, 9.17) is 0 Å². The van der Waals surface area contributed by atoms with Crippen LogP contribution in [0.15, 0.2) is 48.5 Å². The fraction of sp³-hybridized carbons (Fsp3) is 0.417. The van der Waals surface area contributed by atoms with Crippen molar-refractivity contribution in [2.45, 2.75) is 52.2 Å². The molecule has 2 atom stereocenters. The van der Waals surface area contributed by atoms with Crippen LogP contribution in [0.4, 0.5) is 14.5 Å². The van der Waals surface area contributed by atoms with Gasteiger partial charge in [0.2, 0.25) is 21.8 Å². The zero-order valence-corrected chi connectivity index (χ0v) is 20.6. The monoisotopic (exact) mass is 495 g/mol. The Bertz CT molecular complexity index is 1080. The predicted molar refractivity (Wildman–Crippen MR) is 128 cm³/mol. The molecule has 0 radical (unpaired) electrons. The van der Waals surface area contributed by atoms with Gasteiger partial charge in [-0.1, -0.05) is 26.0 Å². The number of sulfonamides is 1. The summed E-state index contributed by atoms with van der Waals surface area (Å²) in [6.07, 6.45) is 1.92. The van der Waals surface area contributed by atoms with Crippen molar-refractivity contribution in [1.29, 1.82) is 0 Å². The van der Waals surface area contributed by atoms with Crippen molar-refractivity contribution in [2.75, 3.05) is 17.1 Å². The number of nitrogens with one attached hydrogen (secondary N) is 1. The maximum absolute atomic E-state index is 13.5. The summed E-state index contributed by atoms with van der Waals surface area (Å²) in [5.41, 5.74) is 0.702. The minimum atomic E-state index is -3.90. The molecule has 2 aromatic rings. The van der Waals surface area contributed by atoms with Gasteiger partial charge in [-0.05, 0) is 61.7 Å². The Kier molecular flexibility index (Phi) is 9.55. The second-order valence-electron chi connectivity index (χ2n) is 8.14. The number of carbonyl (C=O) groups is 2. The van der Waals surface area contributed by atoms with E-state index in [9.17, 15) is 26.8 Å².